The second kappa shape index (κ2) is 11.3. The molecule has 0 saturated heterocycles. The number of thiazole rings is 1. The number of furan rings is 1. The zero-order chi connectivity index (χ0) is 15.1. The molecule has 23 heavy (non-hydrogen) atoms. The fourth-order valence-electron chi connectivity index (χ4n) is 1.78. The van der Waals surface area contributed by atoms with Crippen molar-refractivity contribution in [3.8, 4) is 11.5 Å². The van der Waals surface area contributed by atoms with Crippen LogP contribution in [0.15, 0.2) is 26.9 Å². The molecule has 2 aromatic rings. The van der Waals surface area contributed by atoms with Crippen molar-refractivity contribution >= 4 is 47.2 Å². The predicted octanol–water partition coefficient (Wildman–Crippen LogP) is 3.62. The van der Waals surface area contributed by atoms with E-state index in [9.17, 15) is 0 Å². The van der Waals surface area contributed by atoms with Crippen molar-refractivity contribution in [2.45, 2.75) is 32.7 Å². The Kier molecular flexibility index (Phi) is 10.7. The molecule has 0 unspecified atom stereocenters. The molecule has 0 amide bonds. The Morgan fingerprint density at radius 1 is 1.35 bits per heavy atom. The van der Waals surface area contributed by atoms with Crippen LogP contribution in [0.25, 0.3) is 11.5 Å². The van der Waals surface area contributed by atoms with Gasteiger partial charge in [-0.2, -0.15) is 0 Å². The number of nitrogens with zero attached hydrogens (tertiary/aromatic N) is 2. The topological polar surface area (TPSA) is 102 Å². The number of aliphatic imine (C=N–C) groups is 1. The summed E-state index contributed by atoms with van der Waals surface area (Å²) in [6.07, 6.45) is 3.39. The Balaban J connectivity index is 0.00000242. The van der Waals surface area contributed by atoms with Crippen LogP contribution in [0.2, 0.25) is 0 Å². The van der Waals surface area contributed by atoms with Gasteiger partial charge in [-0.3, -0.25) is 4.99 Å². The van der Waals surface area contributed by atoms with Gasteiger partial charge in [0.15, 0.2) is 16.9 Å². The van der Waals surface area contributed by atoms with Gasteiger partial charge in [-0.15, -0.1) is 36.2 Å². The third-order valence-corrected chi connectivity index (χ3v) is 3.66. The summed E-state index contributed by atoms with van der Waals surface area (Å²) < 4.78 is 5.56. The molecule has 5 N–H and O–H groups in total. The van der Waals surface area contributed by atoms with Gasteiger partial charge in [0, 0.05) is 11.9 Å². The smallest absolute Gasteiger partial charge is 0.194 e. The first-order valence-electron chi connectivity index (χ1n) is 7.04. The molecule has 2 aromatic heterocycles. The molecule has 0 atom stereocenters. The summed E-state index contributed by atoms with van der Waals surface area (Å²) in [5.41, 5.74) is 12.1. The van der Waals surface area contributed by atoms with Gasteiger partial charge >= 0.3 is 0 Å². The highest BCUT2D eigenvalue weighted by atomic mass is 35.5. The molecule has 0 aromatic carbocycles. The summed E-state index contributed by atoms with van der Waals surface area (Å²) in [5, 5.41) is 5.61. The Labute approximate surface area is 152 Å². The fourth-order valence-corrected chi connectivity index (χ4v) is 2.49. The molecule has 0 aliphatic carbocycles. The van der Waals surface area contributed by atoms with E-state index >= 15 is 0 Å². The Morgan fingerprint density at radius 3 is 2.78 bits per heavy atom. The van der Waals surface area contributed by atoms with Crippen molar-refractivity contribution in [2.75, 3.05) is 11.9 Å². The molecule has 0 spiro atoms. The van der Waals surface area contributed by atoms with Crippen LogP contribution in [0, 0.1) is 0 Å². The highest BCUT2D eigenvalue weighted by molar-refractivity contribution is 7.14. The van der Waals surface area contributed by atoms with Crippen LogP contribution in [0.1, 0.15) is 31.9 Å². The average Bonchev–Trinajstić information content (AvgIpc) is 3.12. The third-order valence-electron chi connectivity index (χ3n) is 2.90. The van der Waals surface area contributed by atoms with E-state index in [2.05, 4.69) is 22.2 Å². The summed E-state index contributed by atoms with van der Waals surface area (Å²) in [7, 11) is 0. The second-order valence-corrected chi connectivity index (χ2v) is 5.47. The average molecular weight is 380 g/mol. The first-order chi connectivity index (χ1) is 10.2. The quantitative estimate of drug-likeness (QED) is 0.387. The van der Waals surface area contributed by atoms with Crippen molar-refractivity contribution in [3.63, 3.8) is 0 Å². The molecule has 9 heteroatoms. The lowest BCUT2D eigenvalue weighted by Crippen LogP contribution is -2.22. The number of hydrogen-bond donors (Lipinski definition) is 3. The minimum absolute atomic E-state index is 0. The maximum atomic E-state index is 5.83. The van der Waals surface area contributed by atoms with Crippen molar-refractivity contribution < 1.29 is 4.42 Å². The lowest BCUT2D eigenvalue weighted by atomic mass is 10.2. The summed E-state index contributed by atoms with van der Waals surface area (Å²) in [4.78, 5) is 8.69. The van der Waals surface area contributed by atoms with E-state index in [0.717, 1.165) is 24.4 Å². The SMILES string of the molecule is CCCCCN=C(N)Nc1nc(-c2ccc(CN)o2)cs1.Cl.Cl. The van der Waals surface area contributed by atoms with Crippen LogP contribution in [-0.2, 0) is 6.54 Å². The number of halogens is 2. The molecular weight excluding hydrogens is 357 g/mol. The number of nitrogens with one attached hydrogen (secondary N) is 1. The number of rotatable bonds is 7. The van der Waals surface area contributed by atoms with Gasteiger partial charge in [0.25, 0.3) is 0 Å². The molecule has 2 heterocycles. The van der Waals surface area contributed by atoms with E-state index < -0.39 is 0 Å². The van der Waals surface area contributed by atoms with Gasteiger partial charge in [0.1, 0.15) is 11.5 Å². The summed E-state index contributed by atoms with van der Waals surface area (Å²) in [5.74, 6) is 1.84. The fraction of sp³-hybridized carbons (Fsp3) is 0.429. The number of aromatic nitrogens is 1. The maximum absolute atomic E-state index is 5.83. The number of nitrogens with two attached hydrogens (primary N) is 2. The Morgan fingerprint density at radius 2 is 2.13 bits per heavy atom. The highest BCUT2D eigenvalue weighted by Crippen LogP contribution is 2.26. The lowest BCUT2D eigenvalue weighted by Gasteiger charge is -2.01. The first kappa shape index (κ1) is 21.7. The predicted molar refractivity (Wildman–Crippen MR) is 102 cm³/mol. The largest absolute Gasteiger partial charge is 0.458 e. The van der Waals surface area contributed by atoms with Gasteiger partial charge in [0.05, 0.1) is 6.54 Å². The molecule has 0 fully saturated rings. The molecule has 130 valence electrons. The monoisotopic (exact) mass is 379 g/mol. The Hall–Kier alpha value is -1.28. The second-order valence-electron chi connectivity index (χ2n) is 4.61. The summed E-state index contributed by atoms with van der Waals surface area (Å²) >= 11 is 1.46. The first-order valence-corrected chi connectivity index (χ1v) is 7.92. The number of anilines is 1. The van der Waals surface area contributed by atoms with Gasteiger partial charge in [0.2, 0.25) is 0 Å². The maximum Gasteiger partial charge on any atom is 0.194 e. The zero-order valence-corrected chi connectivity index (χ0v) is 15.4. The van der Waals surface area contributed by atoms with Crippen LogP contribution >= 0.6 is 36.2 Å². The van der Waals surface area contributed by atoms with Gasteiger partial charge in [-0.1, -0.05) is 19.8 Å². The number of unbranched alkanes of at least 4 members (excludes halogenated alkanes) is 2. The number of guanidine groups is 1. The molecular formula is C14H23Cl2N5OS. The molecule has 0 saturated carbocycles. The van der Waals surface area contributed by atoms with Crippen molar-refractivity contribution in [3.05, 3.63) is 23.3 Å². The van der Waals surface area contributed by atoms with Gasteiger partial charge in [-0.05, 0) is 18.6 Å². The lowest BCUT2D eigenvalue weighted by molar-refractivity contribution is 0.524. The van der Waals surface area contributed by atoms with Crippen LogP contribution < -0.4 is 16.8 Å². The normalized spacial score (nSPS) is 10.8. The standard InChI is InChI=1S/C14H21N5OS.2ClH/c1-2-3-4-7-17-13(16)19-14-18-11(9-21-14)12-6-5-10(8-15)20-12;;/h5-6,9H,2-4,7-8,15H2,1H3,(H3,16,17,18,19);2*1H. The van der Waals surface area contributed by atoms with Gasteiger partial charge in [-0.25, -0.2) is 4.98 Å². The molecule has 2 rings (SSSR count). The molecule has 0 bridgehead atoms. The van der Waals surface area contributed by atoms with E-state index in [0.29, 0.717) is 23.4 Å². The summed E-state index contributed by atoms with van der Waals surface area (Å²) in [6, 6.07) is 3.72. The zero-order valence-electron chi connectivity index (χ0n) is 12.9. The Bertz CT molecular complexity index is 600. The van der Waals surface area contributed by atoms with Crippen molar-refractivity contribution in [1.82, 2.24) is 4.98 Å². The van der Waals surface area contributed by atoms with Gasteiger partial charge < -0.3 is 21.2 Å². The van der Waals surface area contributed by atoms with E-state index in [-0.39, 0.29) is 24.8 Å². The number of hydrogen-bond acceptors (Lipinski definition) is 5. The van der Waals surface area contributed by atoms with E-state index in [1.54, 1.807) is 0 Å². The van der Waals surface area contributed by atoms with Crippen molar-refractivity contribution in [1.29, 1.82) is 0 Å². The molecule has 0 aliphatic rings. The van der Waals surface area contributed by atoms with E-state index in [1.807, 2.05) is 17.5 Å². The summed E-state index contributed by atoms with van der Waals surface area (Å²) in [6.45, 7) is 3.28. The van der Waals surface area contributed by atoms with Crippen LogP contribution in [0.3, 0.4) is 0 Å². The van der Waals surface area contributed by atoms with Crippen LogP contribution in [-0.4, -0.2) is 17.5 Å². The minimum Gasteiger partial charge on any atom is -0.458 e. The van der Waals surface area contributed by atoms with Crippen LogP contribution in [0.4, 0.5) is 5.13 Å². The highest BCUT2D eigenvalue weighted by Gasteiger charge is 2.09. The van der Waals surface area contributed by atoms with Crippen molar-refractivity contribution in [2.24, 2.45) is 16.5 Å². The molecule has 6 nitrogen and oxygen atoms in total. The van der Waals surface area contributed by atoms with E-state index in [1.165, 1.54) is 24.2 Å². The van der Waals surface area contributed by atoms with Crippen LogP contribution in [0.5, 0.6) is 0 Å². The minimum atomic E-state index is 0. The molecule has 0 radical (unpaired) electrons. The molecule has 0 aliphatic heterocycles. The van der Waals surface area contributed by atoms with E-state index in [4.69, 9.17) is 15.9 Å². The third kappa shape index (κ3) is 6.78.